The van der Waals surface area contributed by atoms with Crippen molar-refractivity contribution in [2.24, 2.45) is 5.92 Å². The minimum Gasteiger partial charge on any atom is -0.482 e. The number of hydrogen-bond acceptors (Lipinski definition) is 6. The summed E-state index contributed by atoms with van der Waals surface area (Å²) < 4.78 is 17.0. The predicted octanol–water partition coefficient (Wildman–Crippen LogP) is 4.31. The first-order valence-corrected chi connectivity index (χ1v) is 11.4. The van der Waals surface area contributed by atoms with Crippen LogP contribution in [0.1, 0.15) is 55.8 Å². The van der Waals surface area contributed by atoms with Crippen molar-refractivity contribution in [1.82, 2.24) is 15.0 Å². The summed E-state index contributed by atoms with van der Waals surface area (Å²) in [4.78, 5) is 19.1. The first-order chi connectivity index (χ1) is 15.0. The Hall–Kier alpha value is -2.12. The quantitative estimate of drug-likeness (QED) is 0.629. The standard InChI is InChI=1S/C23H30ClN3O4/c1-16-6-5-7-18(24)21(16)30-15-20(28)27-12-8-17(9-13-27)14-19-25-22(26-31-19)23(29-2)10-3-4-11-23/h5-7,17H,3-4,8-15H2,1-2H3. The van der Waals surface area contributed by atoms with E-state index in [-0.39, 0.29) is 18.1 Å². The zero-order chi connectivity index (χ0) is 21.8. The lowest BCUT2D eigenvalue weighted by atomic mass is 9.93. The van der Waals surface area contributed by atoms with Crippen molar-refractivity contribution >= 4 is 17.5 Å². The van der Waals surface area contributed by atoms with Gasteiger partial charge in [-0.25, -0.2) is 0 Å². The summed E-state index contributed by atoms with van der Waals surface area (Å²) in [6, 6.07) is 5.55. The van der Waals surface area contributed by atoms with E-state index in [1.165, 1.54) is 0 Å². The summed E-state index contributed by atoms with van der Waals surface area (Å²) in [6.07, 6.45) is 6.70. The van der Waals surface area contributed by atoms with E-state index in [0.717, 1.165) is 50.5 Å². The molecule has 0 N–H and O–H groups in total. The van der Waals surface area contributed by atoms with Crippen molar-refractivity contribution in [3.05, 3.63) is 40.5 Å². The zero-order valence-corrected chi connectivity index (χ0v) is 19.0. The van der Waals surface area contributed by atoms with Gasteiger partial charge in [-0.2, -0.15) is 4.98 Å². The van der Waals surface area contributed by atoms with Crippen molar-refractivity contribution in [2.45, 2.75) is 57.5 Å². The van der Waals surface area contributed by atoms with E-state index in [0.29, 0.717) is 41.5 Å². The topological polar surface area (TPSA) is 77.7 Å². The second-order valence-corrected chi connectivity index (χ2v) is 9.03. The van der Waals surface area contributed by atoms with Crippen LogP contribution in [0, 0.1) is 12.8 Å². The number of halogens is 1. The summed E-state index contributed by atoms with van der Waals surface area (Å²) >= 11 is 6.18. The number of amides is 1. The number of para-hydroxylation sites is 1. The molecule has 7 nitrogen and oxygen atoms in total. The molecular weight excluding hydrogens is 418 g/mol. The van der Waals surface area contributed by atoms with E-state index in [1.807, 2.05) is 24.0 Å². The lowest BCUT2D eigenvalue weighted by Gasteiger charge is -2.31. The summed E-state index contributed by atoms with van der Waals surface area (Å²) in [6.45, 7) is 3.33. The number of carbonyl (C=O) groups excluding carboxylic acids is 1. The van der Waals surface area contributed by atoms with Crippen LogP contribution in [-0.2, 0) is 21.6 Å². The Bertz CT molecular complexity index is 882. The number of rotatable bonds is 7. The number of likely N-dealkylation sites (tertiary alicyclic amines) is 1. The number of aryl methyl sites for hydroxylation is 1. The molecule has 0 spiro atoms. The molecule has 1 saturated carbocycles. The molecule has 0 bridgehead atoms. The molecule has 1 aliphatic heterocycles. The van der Waals surface area contributed by atoms with Gasteiger partial charge in [0.25, 0.3) is 5.91 Å². The van der Waals surface area contributed by atoms with Crippen LogP contribution in [-0.4, -0.2) is 47.8 Å². The van der Waals surface area contributed by atoms with E-state index in [9.17, 15) is 4.79 Å². The van der Waals surface area contributed by atoms with E-state index in [4.69, 9.17) is 25.6 Å². The van der Waals surface area contributed by atoms with Gasteiger partial charge in [-0.15, -0.1) is 0 Å². The van der Waals surface area contributed by atoms with Gasteiger partial charge in [0.2, 0.25) is 11.7 Å². The van der Waals surface area contributed by atoms with Gasteiger partial charge in [-0.3, -0.25) is 4.79 Å². The molecule has 1 amide bonds. The smallest absolute Gasteiger partial charge is 0.260 e. The third kappa shape index (κ3) is 4.88. The Morgan fingerprint density at radius 3 is 2.71 bits per heavy atom. The maximum atomic E-state index is 12.6. The van der Waals surface area contributed by atoms with Crippen molar-refractivity contribution < 1.29 is 18.8 Å². The minimum atomic E-state index is -0.377. The molecule has 1 aromatic heterocycles. The van der Waals surface area contributed by atoms with Gasteiger partial charge in [0.05, 0.1) is 5.02 Å². The van der Waals surface area contributed by atoms with Gasteiger partial charge in [0.15, 0.2) is 6.61 Å². The number of hydrogen-bond donors (Lipinski definition) is 0. The molecule has 0 unspecified atom stereocenters. The molecule has 8 heteroatoms. The number of nitrogens with zero attached hydrogens (tertiary/aromatic N) is 3. The molecule has 31 heavy (non-hydrogen) atoms. The molecule has 0 atom stereocenters. The lowest BCUT2D eigenvalue weighted by Crippen LogP contribution is -2.41. The highest BCUT2D eigenvalue weighted by Gasteiger charge is 2.40. The average Bonchev–Trinajstić information content (AvgIpc) is 3.44. The predicted molar refractivity (Wildman–Crippen MR) is 116 cm³/mol. The zero-order valence-electron chi connectivity index (χ0n) is 18.2. The second kappa shape index (κ2) is 9.57. The minimum absolute atomic E-state index is 0.00135. The van der Waals surface area contributed by atoms with Crippen LogP contribution in [0.5, 0.6) is 5.75 Å². The van der Waals surface area contributed by atoms with Crippen molar-refractivity contribution in [2.75, 3.05) is 26.8 Å². The second-order valence-electron chi connectivity index (χ2n) is 8.62. The fraction of sp³-hybridized carbons (Fsp3) is 0.609. The van der Waals surface area contributed by atoms with Crippen molar-refractivity contribution in [3.8, 4) is 5.75 Å². The number of methoxy groups -OCH3 is 1. The molecule has 1 saturated heterocycles. The van der Waals surface area contributed by atoms with E-state index < -0.39 is 0 Å². The van der Waals surface area contributed by atoms with Crippen LogP contribution in [0.3, 0.4) is 0 Å². The maximum Gasteiger partial charge on any atom is 0.260 e. The molecule has 4 rings (SSSR count). The molecule has 1 aromatic carbocycles. The van der Waals surface area contributed by atoms with Crippen LogP contribution < -0.4 is 4.74 Å². The van der Waals surface area contributed by atoms with Gasteiger partial charge in [-0.05, 0) is 63.0 Å². The lowest BCUT2D eigenvalue weighted by molar-refractivity contribution is -0.134. The molecule has 2 aromatic rings. The Labute approximate surface area is 188 Å². The van der Waals surface area contributed by atoms with E-state index >= 15 is 0 Å². The van der Waals surface area contributed by atoms with Gasteiger partial charge in [-0.1, -0.05) is 28.9 Å². The number of benzene rings is 1. The van der Waals surface area contributed by atoms with Crippen molar-refractivity contribution in [1.29, 1.82) is 0 Å². The number of carbonyl (C=O) groups is 1. The number of aromatic nitrogens is 2. The third-order valence-corrected chi connectivity index (χ3v) is 6.91. The van der Waals surface area contributed by atoms with Crippen LogP contribution >= 0.6 is 11.6 Å². The van der Waals surface area contributed by atoms with Crippen molar-refractivity contribution in [3.63, 3.8) is 0 Å². The maximum absolute atomic E-state index is 12.6. The molecule has 2 aliphatic rings. The van der Waals surface area contributed by atoms with Crippen LogP contribution in [0.25, 0.3) is 0 Å². The van der Waals surface area contributed by atoms with Gasteiger partial charge < -0.3 is 18.9 Å². The van der Waals surface area contributed by atoms with Crippen LogP contribution in [0.4, 0.5) is 0 Å². The Morgan fingerprint density at radius 1 is 1.29 bits per heavy atom. The first kappa shape index (κ1) is 22.1. The highest BCUT2D eigenvalue weighted by atomic mass is 35.5. The Morgan fingerprint density at radius 2 is 2.03 bits per heavy atom. The SMILES string of the molecule is COC1(c2noc(CC3CCN(C(=O)COc4c(C)cccc4Cl)CC3)n2)CCCC1. The highest BCUT2D eigenvalue weighted by molar-refractivity contribution is 6.32. The third-order valence-electron chi connectivity index (χ3n) is 6.61. The Balaban J connectivity index is 1.26. The van der Waals surface area contributed by atoms with Gasteiger partial charge in [0, 0.05) is 26.6 Å². The van der Waals surface area contributed by atoms with Crippen LogP contribution in [0.2, 0.25) is 5.02 Å². The Kier molecular flexibility index (Phi) is 6.82. The fourth-order valence-electron chi connectivity index (χ4n) is 4.65. The summed E-state index contributed by atoms with van der Waals surface area (Å²) in [5, 5.41) is 4.74. The summed E-state index contributed by atoms with van der Waals surface area (Å²) in [5.41, 5.74) is 0.545. The van der Waals surface area contributed by atoms with Gasteiger partial charge >= 0.3 is 0 Å². The molecule has 1 aliphatic carbocycles. The largest absolute Gasteiger partial charge is 0.482 e. The molecule has 2 fully saturated rings. The number of piperidine rings is 1. The number of ether oxygens (including phenoxy) is 2. The van der Waals surface area contributed by atoms with Crippen LogP contribution in [0.15, 0.2) is 22.7 Å². The molecular formula is C23H30ClN3O4. The molecule has 0 radical (unpaired) electrons. The van der Waals surface area contributed by atoms with E-state index in [2.05, 4.69) is 10.1 Å². The molecule has 2 heterocycles. The fourth-order valence-corrected chi connectivity index (χ4v) is 4.92. The summed E-state index contributed by atoms with van der Waals surface area (Å²) in [7, 11) is 1.73. The monoisotopic (exact) mass is 447 g/mol. The normalized spacial score (nSPS) is 19.0. The average molecular weight is 448 g/mol. The summed E-state index contributed by atoms with van der Waals surface area (Å²) in [5.74, 6) is 2.34. The molecule has 168 valence electrons. The first-order valence-electron chi connectivity index (χ1n) is 11.0. The van der Waals surface area contributed by atoms with E-state index in [1.54, 1.807) is 13.2 Å². The highest BCUT2D eigenvalue weighted by Crippen LogP contribution is 2.40. The van der Waals surface area contributed by atoms with Gasteiger partial charge in [0.1, 0.15) is 11.4 Å².